The van der Waals surface area contributed by atoms with E-state index in [1.807, 2.05) is 46.4 Å². The van der Waals surface area contributed by atoms with Crippen LogP contribution >= 0.6 is 0 Å². The first kappa shape index (κ1) is 27.3. The van der Waals surface area contributed by atoms with Gasteiger partial charge in [0.05, 0.1) is 32.1 Å². The topological polar surface area (TPSA) is 70.2 Å². The van der Waals surface area contributed by atoms with Gasteiger partial charge in [0.1, 0.15) is 11.5 Å². The number of benzene rings is 2. The monoisotopic (exact) mass is 517 g/mol. The second-order valence-electron chi connectivity index (χ2n) is 10.1. The van der Waals surface area contributed by atoms with E-state index in [-0.39, 0.29) is 11.9 Å². The largest absolute Gasteiger partial charge is 0.495 e. The Morgan fingerprint density at radius 3 is 2.39 bits per heavy atom. The van der Waals surface area contributed by atoms with Gasteiger partial charge in [0, 0.05) is 59.7 Å². The third kappa shape index (κ3) is 6.19. The number of pyridine rings is 1. The minimum atomic E-state index is 0.00681. The molecule has 1 aliphatic heterocycles. The third-order valence-corrected chi connectivity index (χ3v) is 7.10. The van der Waals surface area contributed by atoms with Crippen molar-refractivity contribution < 1.29 is 14.3 Å². The molecule has 2 heterocycles. The van der Waals surface area contributed by atoms with Crippen LogP contribution in [0.4, 0.5) is 11.4 Å². The highest BCUT2D eigenvalue weighted by atomic mass is 16.5. The second kappa shape index (κ2) is 12.2. The Hall–Kier alpha value is -3.78. The van der Waals surface area contributed by atoms with Gasteiger partial charge in [-0.3, -0.25) is 14.7 Å². The van der Waals surface area contributed by atoms with Gasteiger partial charge in [-0.2, -0.15) is 0 Å². The minimum Gasteiger partial charge on any atom is -0.495 e. The van der Waals surface area contributed by atoms with E-state index in [0.29, 0.717) is 13.1 Å². The van der Waals surface area contributed by atoms with Crippen LogP contribution < -0.4 is 24.6 Å². The summed E-state index contributed by atoms with van der Waals surface area (Å²) in [5.41, 5.74) is 6.75. The molecule has 3 aromatic rings. The van der Waals surface area contributed by atoms with E-state index in [0.717, 1.165) is 47.8 Å². The van der Waals surface area contributed by atoms with Gasteiger partial charge in [-0.05, 0) is 65.4 Å². The molecule has 1 aliphatic rings. The predicted octanol–water partition coefficient (Wildman–Crippen LogP) is 3.69. The summed E-state index contributed by atoms with van der Waals surface area (Å²) in [6.45, 7) is 1.58. The lowest BCUT2D eigenvalue weighted by atomic mass is 9.87. The molecule has 38 heavy (non-hydrogen) atoms. The average molecular weight is 518 g/mol. The number of rotatable bonds is 10. The number of carbonyl (C=O) groups excluding carboxylic acids is 1. The van der Waals surface area contributed by atoms with Gasteiger partial charge in [0.25, 0.3) is 0 Å². The fraction of sp³-hybridized carbons (Fsp3) is 0.400. The van der Waals surface area contributed by atoms with Crippen molar-refractivity contribution in [2.24, 2.45) is 0 Å². The second-order valence-corrected chi connectivity index (χ2v) is 10.1. The first-order valence-electron chi connectivity index (χ1n) is 12.9. The van der Waals surface area contributed by atoms with Gasteiger partial charge in [0.2, 0.25) is 5.91 Å². The summed E-state index contributed by atoms with van der Waals surface area (Å²) in [6, 6.07) is 14.6. The van der Waals surface area contributed by atoms with Crippen LogP contribution in [-0.4, -0.2) is 71.3 Å². The molecule has 1 atom stereocenters. The Labute approximate surface area is 226 Å². The molecule has 0 spiro atoms. The molecular formula is C30H39N5O3. The van der Waals surface area contributed by atoms with Gasteiger partial charge in [0.15, 0.2) is 0 Å². The van der Waals surface area contributed by atoms with Crippen LogP contribution in [0.5, 0.6) is 11.5 Å². The Morgan fingerprint density at radius 1 is 1.00 bits per heavy atom. The number of carbonyl (C=O) groups is 1. The van der Waals surface area contributed by atoms with Gasteiger partial charge in [-0.1, -0.05) is 12.1 Å². The van der Waals surface area contributed by atoms with Crippen molar-refractivity contribution in [3.05, 3.63) is 77.1 Å². The number of hydrogen-bond acceptors (Lipinski definition) is 7. The van der Waals surface area contributed by atoms with Gasteiger partial charge >= 0.3 is 0 Å². The maximum absolute atomic E-state index is 13.1. The van der Waals surface area contributed by atoms with E-state index in [4.69, 9.17) is 9.47 Å². The number of hydrogen-bond donors (Lipinski definition) is 1. The lowest BCUT2D eigenvalue weighted by molar-refractivity contribution is -0.123. The van der Waals surface area contributed by atoms with Crippen molar-refractivity contribution in [1.29, 1.82) is 0 Å². The number of amides is 1. The van der Waals surface area contributed by atoms with E-state index in [2.05, 4.69) is 49.3 Å². The van der Waals surface area contributed by atoms with Crippen LogP contribution in [0.15, 0.2) is 54.9 Å². The molecule has 2 aromatic carbocycles. The van der Waals surface area contributed by atoms with E-state index < -0.39 is 0 Å². The summed E-state index contributed by atoms with van der Waals surface area (Å²) in [7, 11) is 11.5. The number of anilines is 2. The van der Waals surface area contributed by atoms with Crippen molar-refractivity contribution in [1.82, 2.24) is 15.2 Å². The minimum absolute atomic E-state index is 0.00681. The zero-order valence-corrected chi connectivity index (χ0v) is 23.3. The van der Waals surface area contributed by atoms with Crippen LogP contribution in [0.3, 0.4) is 0 Å². The van der Waals surface area contributed by atoms with Gasteiger partial charge < -0.3 is 24.6 Å². The van der Waals surface area contributed by atoms with Crippen molar-refractivity contribution in [3.8, 4) is 11.5 Å². The highest BCUT2D eigenvalue weighted by Crippen LogP contribution is 2.40. The quantitative estimate of drug-likeness (QED) is 0.440. The maximum Gasteiger partial charge on any atom is 0.234 e. The van der Waals surface area contributed by atoms with E-state index in [9.17, 15) is 4.79 Å². The Balaban J connectivity index is 1.65. The average Bonchev–Trinajstić information content (AvgIpc) is 2.92. The number of aromatic nitrogens is 1. The van der Waals surface area contributed by atoms with E-state index in [1.54, 1.807) is 26.6 Å². The van der Waals surface area contributed by atoms with Gasteiger partial charge in [-0.15, -0.1) is 0 Å². The molecule has 8 heteroatoms. The molecule has 202 valence electrons. The molecule has 0 saturated heterocycles. The predicted molar refractivity (Wildman–Crippen MR) is 152 cm³/mol. The van der Waals surface area contributed by atoms with E-state index >= 15 is 0 Å². The van der Waals surface area contributed by atoms with Crippen LogP contribution in [0, 0.1) is 0 Å². The number of fused-ring (bicyclic) bond motifs is 1. The summed E-state index contributed by atoms with van der Waals surface area (Å²) in [5.74, 6) is 1.72. The normalized spacial score (nSPS) is 14.9. The number of ether oxygens (including phenoxy) is 2. The molecule has 1 N–H and O–H groups in total. The van der Waals surface area contributed by atoms with Crippen LogP contribution in [0.25, 0.3) is 0 Å². The number of methoxy groups -OCH3 is 2. The molecule has 1 unspecified atom stereocenters. The summed E-state index contributed by atoms with van der Waals surface area (Å²) < 4.78 is 11.3. The molecule has 0 saturated carbocycles. The number of nitrogens with one attached hydrogen (secondary N) is 1. The molecule has 1 aromatic heterocycles. The lowest BCUT2D eigenvalue weighted by Gasteiger charge is -2.38. The highest BCUT2D eigenvalue weighted by Gasteiger charge is 2.31. The fourth-order valence-corrected chi connectivity index (χ4v) is 5.09. The molecule has 0 fully saturated rings. The SMILES string of the molecule is COc1ccc(CC2c3cc(N(C)C)c(OC)cc3CCN2CC(=O)NCc2cccnc2)cc1N(C)C. The van der Waals surface area contributed by atoms with Crippen LogP contribution in [0.1, 0.15) is 28.3 Å². The molecule has 0 radical (unpaired) electrons. The molecule has 0 aliphatic carbocycles. The zero-order chi connectivity index (χ0) is 27.2. The standard InChI is InChI=1S/C30H39N5O3/c1-33(2)26-15-21(9-10-28(26)37-5)14-25-24-17-27(34(3)4)29(38-6)16-23(24)11-13-35(25)20-30(36)32-19-22-8-7-12-31-18-22/h7-10,12,15-18,25H,11,13-14,19-20H2,1-6H3,(H,32,36). The smallest absolute Gasteiger partial charge is 0.234 e. The zero-order valence-electron chi connectivity index (χ0n) is 23.3. The maximum atomic E-state index is 13.1. The fourth-order valence-electron chi connectivity index (χ4n) is 5.09. The summed E-state index contributed by atoms with van der Waals surface area (Å²) in [4.78, 5) is 23.7. The molecular weight excluding hydrogens is 478 g/mol. The number of nitrogens with zero attached hydrogens (tertiary/aromatic N) is 4. The summed E-state index contributed by atoms with van der Waals surface area (Å²) in [6.07, 6.45) is 5.14. The van der Waals surface area contributed by atoms with Crippen LogP contribution in [0.2, 0.25) is 0 Å². The molecule has 8 nitrogen and oxygen atoms in total. The van der Waals surface area contributed by atoms with Crippen molar-refractivity contribution in [2.75, 3.05) is 65.3 Å². The lowest BCUT2D eigenvalue weighted by Crippen LogP contribution is -2.43. The van der Waals surface area contributed by atoms with Crippen molar-refractivity contribution in [2.45, 2.75) is 25.4 Å². The Morgan fingerprint density at radius 2 is 1.74 bits per heavy atom. The molecule has 0 bridgehead atoms. The third-order valence-electron chi connectivity index (χ3n) is 7.10. The first-order chi connectivity index (χ1) is 18.3. The summed E-state index contributed by atoms with van der Waals surface area (Å²) >= 11 is 0. The van der Waals surface area contributed by atoms with Crippen molar-refractivity contribution in [3.63, 3.8) is 0 Å². The Kier molecular flexibility index (Phi) is 8.73. The molecule has 4 rings (SSSR count). The van der Waals surface area contributed by atoms with Gasteiger partial charge in [-0.25, -0.2) is 0 Å². The Bertz CT molecular complexity index is 1250. The summed E-state index contributed by atoms with van der Waals surface area (Å²) in [5, 5.41) is 3.07. The first-order valence-corrected chi connectivity index (χ1v) is 12.9. The van der Waals surface area contributed by atoms with Crippen molar-refractivity contribution >= 4 is 17.3 Å². The van der Waals surface area contributed by atoms with E-state index in [1.165, 1.54) is 16.7 Å². The molecule has 1 amide bonds. The highest BCUT2D eigenvalue weighted by molar-refractivity contribution is 5.78. The van der Waals surface area contributed by atoms with Crippen LogP contribution in [-0.2, 0) is 24.2 Å².